The molecule has 0 aliphatic heterocycles. The van der Waals surface area contributed by atoms with Crippen molar-refractivity contribution in [3.8, 4) is 5.75 Å². The second-order valence-electron chi connectivity index (χ2n) is 7.20. The van der Waals surface area contributed by atoms with Crippen molar-refractivity contribution >= 4 is 22.3 Å². The lowest BCUT2D eigenvalue weighted by Crippen LogP contribution is -2.46. The number of pyridine rings is 2. The normalized spacial score (nSPS) is 12.1. The Morgan fingerprint density at radius 2 is 1.51 bits per heavy atom. The van der Waals surface area contributed by atoms with Gasteiger partial charge in [0.15, 0.2) is 0 Å². The Balaban J connectivity index is 0.000000623. The SMILES string of the molecule is CS(=O)(=O)O.O=c1[nH]/c(=C\c2ccc(OCc3ccccn3)cn2)c(=O)[nH]/c1=C\c1ccccc1. The van der Waals surface area contributed by atoms with E-state index in [1.54, 1.807) is 30.6 Å². The molecule has 4 rings (SSSR count). The molecule has 0 bridgehead atoms. The van der Waals surface area contributed by atoms with Crippen LogP contribution in [0.5, 0.6) is 5.75 Å². The zero-order valence-electron chi connectivity index (χ0n) is 18.6. The van der Waals surface area contributed by atoms with Crippen LogP contribution in [0.2, 0.25) is 0 Å². The van der Waals surface area contributed by atoms with Gasteiger partial charge >= 0.3 is 0 Å². The first kappa shape index (κ1) is 25.3. The fourth-order valence-electron chi connectivity index (χ4n) is 2.76. The molecule has 0 saturated heterocycles. The molecule has 0 saturated carbocycles. The number of hydrogen-bond acceptors (Lipinski definition) is 7. The Labute approximate surface area is 200 Å². The zero-order chi connectivity index (χ0) is 25.3. The lowest BCUT2D eigenvalue weighted by Gasteiger charge is -2.05. The summed E-state index contributed by atoms with van der Waals surface area (Å²) in [6.07, 6.45) is 7.10. The number of nitrogens with one attached hydrogen (secondary N) is 2. The molecule has 0 aliphatic rings. The average Bonchev–Trinajstić information content (AvgIpc) is 2.82. The second-order valence-corrected chi connectivity index (χ2v) is 8.66. The van der Waals surface area contributed by atoms with Crippen molar-refractivity contribution in [3.05, 3.63) is 121 Å². The molecule has 1 aromatic carbocycles. The molecule has 0 fully saturated rings. The first-order valence-electron chi connectivity index (χ1n) is 10.2. The number of rotatable bonds is 5. The van der Waals surface area contributed by atoms with Crippen molar-refractivity contribution < 1.29 is 17.7 Å². The van der Waals surface area contributed by atoms with Crippen LogP contribution < -0.4 is 26.6 Å². The van der Waals surface area contributed by atoms with Gasteiger partial charge in [-0.05, 0) is 42.0 Å². The summed E-state index contributed by atoms with van der Waals surface area (Å²) in [5, 5.41) is 0.314. The van der Waals surface area contributed by atoms with Crippen LogP contribution in [0.4, 0.5) is 0 Å². The lowest BCUT2D eigenvalue weighted by atomic mass is 10.2. The molecule has 0 radical (unpaired) electrons. The summed E-state index contributed by atoms with van der Waals surface area (Å²) in [6, 6.07) is 18.3. The standard InChI is InChI=1S/C23H18N4O3.CH4O3S/c28-22-20(12-16-6-2-1-3-7-16)26-23(29)21(27-22)13-17-9-10-19(14-25-17)30-15-18-8-4-5-11-24-18;1-5(2,3)4/h1-14H,15H2,(H,26,29)(H,27,28);1H3,(H,2,3,4)/b20-12-,21-13-;. The highest BCUT2D eigenvalue weighted by Crippen LogP contribution is 2.11. The van der Waals surface area contributed by atoms with E-state index in [1.165, 1.54) is 6.08 Å². The number of hydrogen-bond donors (Lipinski definition) is 3. The molecule has 0 aliphatic carbocycles. The van der Waals surface area contributed by atoms with Crippen molar-refractivity contribution in [3.63, 3.8) is 0 Å². The highest BCUT2D eigenvalue weighted by Gasteiger charge is 2.00. The lowest BCUT2D eigenvalue weighted by molar-refractivity contribution is 0.300. The Bertz CT molecular complexity index is 1590. The van der Waals surface area contributed by atoms with Crippen LogP contribution >= 0.6 is 0 Å². The smallest absolute Gasteiger partial charge is 0.272 e. The van der Waals surface area contributed by atoms with Crippen LogP contribution in [0.3, 0.4) is 0 Å². The van der Waals surface area contributed by atoms with Gasteiger partial charge in [-0.2, -0.15) is 8.42 Å². The Kier molecular flexibility index (Phi) is 8.43. The van der Waals surface area contributed by atoms with Crippen LogP contribution in [0.15, 0.2) is 82.6 Å². The summed E-state index contributed by atoms with van der Waals surface area (Å²) >= 11 is 0. The molecular weight excluding hydrogens is 472 g/mol. The topological polar surface area (TPSA) is 155 Å². The molecule has 10 nitrogen and oxygen atoms in total. The number of nitrogens with zero attached hydrogens (tertiary/aromatic N) is 2. The first-order valence-corrected chi connectivity index (χ1v) is 12.0. The quantitative estimate of drug-likeness (QED) is 0.341. The average molecular weight is 495 g/mol. The molecule has 180 valence electrons. The summed E-state index contributed by atoms with van der Waals surface area (Å²) in [7, 11) is -3.67. The fourth-order valence-corrected chi connectivity index (χ4v) is 2.76. The molecule has 0 spiro atoms. The molecule has 4 aromatic rings. The van der Waals surface area contributed by atoms with Gasteiger partial charge in [0.25, 0.3) is 21.2 Å². The van der Waals surface area contributed by atoms with E-state index in [0.717, 1.165) is 11.3 Å². The minimum atomic E-state index is -3.67. The van der Waals surface area contributed by atoms with Crippen LogP contribution in [0.25, 0.3) is 12.2 Å². The van der Waals surface area contributed by atoms with E-state index in [4.69, 9.17) is 9.29 Å². The van der Waals surface area contributed by atoms with Gasteiger partial charge in [0.1, 0.15) is 23.1 Å². The van der Waals surface area contributed by atoms with Gasteiger partial charge in [-0.3, -0.25) is 24.1 Å². The van der Waals surface area contributed by atoms with E-state index in [-0.39, 0.29) is 16.3 Å². The van der Waals surface area contributed by atoms with Crippen molar-refractivity contribution in [2.24, 2.45) is 0 Å². The predicted octanol–water partition coefficient (Wildman–Crippen LogP) is 0.594. The molecule has 0 amide bonds. The van der Waals surface area contributed by atoms with Gasteiger partial charge in [0.2, 0.25) is 0 Å². The zero-order valence-corrected chi connectivity index (χ0v) is 19.4. The highest BCUT2D eigenvalue weighted by molar-refractivity contribution is 7.85. The van der Waals surface area contributed by atoms with E-state index in [0.29, 0.717) is 24.3 Å². The molecule has 0 atom stereocenters. The van der Waals surface area contributed by atoms with E-state index in [1.807, 2.05) is 48.5 Å². The van der Waals surface area contributed by atoms with Gasteiger partial charge in [-0.15, -0.1) is 0 Å². The maximum Gasteiger partial charge on any atom is 0.272 e. The maximum absolute atomic E-state index is 12.4. The van der Waals surface area contributed by atoms with Crippen molar-refractivity contribution in [2.75, 3.05) is 6.26 Å². The summed E-state index contributed by atoms with van der Waals surface area (Å²) in [5.74, 6) is 0.577. The summed E-state index contributed by atoms with van der Waals surface area (Å²) in [6.45, 7) is 0.331. The Morgan fingerprint density at radius 1 is 0.886 bits per heavy atom. The Hall–Kier alpha value is -4.35. The van der Waals surface area contributed by atoms with Gasteiger partial charge in [-0.1, -0.05) is 36.4 Å². The Morgan fingerprint density at radius 3 is 2.09 bits per heavy atom. The summed E-state index contributed by atoms with van der Waals surface area (Å²) < 4.78 is 31.5. The van der Waals surface area contributed by atoms with E-state index < -0.39 is 15.7 Å². The molecular formula is C24H22N4O6S. The second kappa shape index (κ2) is 11.7. The third kappa shape index (κ3) is 8.84. The third-order valence-electron chi connectivity index (χ3n) is 4.26. The van der Waals surface area contributed by atoms with E-state index in [2.05, 4.69) is 19.9 Å². The minimum absolute atomic E-state index is 0.125. The van der Waals surface area contributed by atoms with Crippen molar-refractivity contribution in [1.29, 1.82) is 0 Å². The maximum atomic E-state index is 12.4. The van der Waals surface area contributed by atoms with Gasteiger partial charge in [0, 0.05) is 6.20 Å². The van der Waals surface area contributed by atoms with Gasteiger partial charge in [0.05, 0.1) is 23.8 Å². The van der Waals surface area contributed by atoms with Crippen LogP contribution in [-0.2, 0) is 16.7 Å². The molecule has 0 unspecified atom stereocenters. The molecule has 3 aromatic heterocycles. The molecule has 3 heterocycles. The van der Waals surface area contributed by atoms with Gasteiger partial charge in [-0.25, -0.2) is 0 Å². The summed E-state index contributed by atoms with van der Waals surface area (Å²) in [4.78, 5) is 38.4. The highest BCUT2D eigenvalue weighted by atomic mass is 32.2. The fraction of sp³-hybridized carbons (Fsp3) is 0.0833. The van der Waals surface area contributed by atoms with Crippen LogP contribution in [0, 0.1) is 0 Å². The first-order chi connectivity index (χ1) is 16.7. The monoisotopic (exact) mass is 494 g/mol. The van der Waals surface area contributed by atoms with Crippen LogP contribution in [0.1, 0.15) is 17.0 Å². The van der Waals surface area contributed by atoms with Crippen molar-refractivity contribution in [1.82, 2.24) is 19.9 Å². The number of H-pyrrole nitrogens is 2. The van der Waals surface area contributed by atoms with Gasteiger partial charge < -0.3 is 14.7 Å². The van der Waals surface area contributed by atoms with Crippen molar-refractivity contribution in [2.45, 2.75) is 6.61 Å². The largest absolute Gasteiger partial charge is 0.486 e. The minimum Gasteiger partial charge on any atom is -0.486 e. The van der Waals surface area contributed by atoms with Crippen LogP contribution in [-0.4, -0.2) is 39.2 Å². The molecule has 11 heteroatoms. The molecule has 3 N–H and O–H groups in total. The number of aromatic nitrogens is 4. The number of ether oxygens (including phenoxy) is 1. The van der Waals surface area contributed by atoms with E-state index in [9.17, 15) is 18.0 Å². The number of benzene rings is 1. The predicted molar refractivity (Wildman–Crippen MR) is 131 cm³/mol. The number of aromatic amines is 2. The summed E-state index contributed by atoms with van der Waals surface area (Å²) in [5.41, 5.74) is 1.35. The third-order valence-corrected chi connectivity index (χ3v) is 4.26. The molecule has 35 heavy (non-hydrogen) atoms. The van der Waals surface area contributed by atoms with E-state index >= 15 is 0 Å².